The summed E-state index contributed by atoms with van der Waals surface area (Å²) in [6.45, 7) is 4.24. The van der Waals surface area contributed by atoms with E-state index < -0.39 is 0 Å². The van der Waals surface area contributed by atoms with E-state index in [-0.39, 0.29) is 23.2 Å². The second kappa shape index (κ2) is 8.66. The van der Waals surface area contributed by atoms with Gasteiger partial charge in [0.1, 0.15) is 5.82 Å². The summed E-state index contributed by atoms with van der Waals surface area (Å²) in [6, 6.07) is 16.8. The van der Waals surface area contributed by atoms with E-state index in [0.29, 0.717) is 23.1 Å². The summed E-state index contributed by atoms with van der Waals surface area (Å²) in [6.07, 6.45) is 1.64. The van der Waals surface area contributed by atoms with Gasteiger partial charge in [-0.25, -0.2) is 9.36 Å². The van der Waals surface area contributed by atoms with Crippen LogP contribution in [-0.2, 0) is 6.54 Å². The lowest BCUT2D eigenvalue weighted by Crippen LogP contribution is -2.29. The monoisotopic (exact) mass is 430 g/mol. The summed E-state index contributed by atoms with van der Waals surface area (Å²) in [7, 11) is 3.99. The van der Waals surface area contributed by atoms with Gasteiger partial charge in [-0.3, -0.25) is 9.59 Å². The number of anilines is 2. The van der Waals surface area contributed by atoms with E-state index in [1.54, 1.807) is 41.2 Å². The molecule has 0 spiro atoms. The summed E-state index contributed by atoms with van der Waals surface area (Å²) in [5, 5.41) is 12.6. The van der Waals surface area contributed by atoms with Crippen LogP contribution in [0.1, 0.15) is 35.9 Å². The van der Waals surface area contributed by atoms with Crippen molar-refractivity contribution in [3.63, 3.8) is 0 Å². The fourth-order valence-corrected chi connectivity index (χ4v) is 3.54. The van der Waals surface area contributed by atoms with Crippen molar-refractivity contribution in [2.24, 2.45) is 0 Å². The van der Waals surface area contributed by atoms with Gasteiger partial charge in [-0.1, -0.05) is 30.3 Å². The minimum Gasteiger partial charge on any atom is -0.378 e. The number of nitrogens with one attached hydrogen (secondary N) is 1. The number of hydrogen-bond acceptors (Lipinski definition) is 5. The van der Waals surface area contributed by atoms with E-state index in [1.807, 2.05) is 57.1 Å². The molecule has 0 fully saturated rings. The Hall–Kier alpha value is -3.94. The molecule has 0 radical (unpaired) electrons. The van der Waals surface area contributed by atoms with Gasteiger partial charge in [-0.05, 0) is 37.6 Å². The first-order valence-corrected chi connectivity index (χ1v) is 10.5. The molecule has 2 heterocycles. The van der Waals surface area contributed by atoms with Gasteiger partial charge in [-0.15, -0.1) is 0 Å². The Labute approximate surface area is 186 Å². The molecule has 8 nitrogen and oxygen atoms in total. The van der Waals surface area contributed by atoms with Crippen LogP contribution in [-0.4, -0.2) is 39.6 Å². The molecule has 0 aliphatic heterocycles. The first kappa shape index (κ1) is 21.3. The van der Waals surface area contributed by atoms with Crippen LogP contribution in [0, 0.1) is 0 Å². The van der Waals surface area contributed by atoms with Crippen molar-refractivity contribution < 1.29 is 4.79 Å². The molecule has 0 atom stereocenters. The van der Waals surface area contributed by atoms with Gasteiger partial charge in [0.15, 0.2) is 5.69 Å². The van der Waals surface area contributed by atoms with Crippen molar-refractivity contribution in [1.82, 2.24) is 19.6 Å². The van der Waals surface area contributed by atoms with Crippen LogP contribution < -0.4 is 15.8 Å². The molecule has 4 aromatic rings. The van der Waals surface area contributed by atoms with Crippen molar-refractivity contribution in [2.75, 3.05) is 24.3 Å². The number of benzene rings is 2. The van der Waals surface area contributed by atoms with Gasteiger partial charge >= 0.3 is 0 Å². The second-order valence-corrected chi connectivity index (χ2v) is 8.13. The van der Waals surface area contributed by atoms with Crippen LogP contribution >= 0.6 is 0 Å². The third-order valence-electron chi connectivity index (χ3n) is 5.28. The number of carbonyl (C=O) groups excluding carboxylic acids is 1. The van der Waals surface area contributed by atoms with Gasteiger partial charge in [0.2, 0.25) is 0 Å². The van der Waals surface area contributed by atoms with Gasteiger partial charge in [0, 0.05) is 31.2 Å². The highest BCUT2D eigenvalue weighted by Gasteiger charge is 2.19. The summed E-state index contributed by atoms with van der Waals surface area (Å²) >= 11 is 0. The molecule has 32 heavy (non-hydrogen) atoms. The zero-order valence-corrected chi connectivity index (χ0v) is 18.6. The second-order valence-electron chi connectivity index (χ2n) is 8.13. The first-order valence-electron chi connectivity index (χ1n) is 10.5. The molecule has 1 N–H and O–H groups in total. The van der Waals surface area contributed by atoms with Crippen LogP contribution in [0.5, 0.6) is 0 Å². The van der Waals surface area contributed by atoms with Crippen molar-refractivity contribution in [1.29, 1.82) is 0 Å². The average Bonchev–Trinajstić information content (AvgIpc) is 3.20. The molecule has 0 saturated heterocycles. The lowest BCUT2D eigenvalue weighted by molar-refractivity contribution is 0.102. The van der Waals surface area contributed by atoms with E-state index >= 15 is 0 Å². The van der Waals surface area contributed by atoms with E-state index in [4.69, 9.17) is 0 Å². The number of nitrogens with zero attached hydrogens (tertiary/aromatic N) is 5. The maximum absolute atomic E-state index is 13.2. The quantitative estimate of drug-likeness (QED) is 0.506. The summed E-state index contributed by atoms with van der Waals surface area (Å²) < 4.78 is 3.07. The third-order valence-corrected chi connectivity index (χ3v) is 5.28. The molecular weight excluding hydrogens is 404 g/mol. The molecule has 0 saturated carbocycles. The molecule has 4 rings (SSSR count). The number of hydrogen-bond donors (Lipinski definition) is 1. The van der Waals surface area contributed by atoms with Crippen LogP contribution in [0.2, 0.25) is 0 Å². The molecule has 2 aromatic heterocycles. The zero-order valence-electron chi connectivity index (χ0n) is 18.6. The molecular formula is C24H26N6O2. The van der Waals surface area contributed by atoms with E-state index in [2.05, 4.69) is 15.5 Å². The van der Waals surface area contributed by atoms with Gasteiger partial charge < -0.3 is 10.2 Å². The number of amides is 1. The van der Waals surface area contributed by atoms with Crippen LogP contribution in [0.15, 0.2) is 65.6 Å². The Morgan fingerprint density at radius 3 is 2.38 bits per heavy atom. The Morgan fingerprint density at radius 2 is 1.72 bits per heavy atom. The molecule has 2 aromatic carbocycles. The fourth-order valence-electron chi connectivity index (χ4n) is 3.54. The lowest BCUT2D eigenvalue weighted by Gasteiger charge is -2.15. The number of aromatic nitrogens is 4. The van der Waals surface area contributed by atoms with Crippen LogP contribution in [0.25, 0.3) is 10.8 Å². The van der Waals surface area contributed by atoms with Crippen molar-refractivity contribution in [2.45, 2.75) is 26.4 Å². The minimum atomic E-state index is -0.389. The highest BCUT2D eigenvalue weighted by molar-refractivity contribution is 6.10. The highest BCUT2D eigenvalue weighted by atomic mass is 16.2. The normalized spacial score (nSPS) is 11.2. The van der Waals surface area contributed by atoms with Crippen LogP contribution in [0.4, 0.5) is 11.5 Å². The average molecular weight is 431 g/mol. The van der Waals surface area contributed by atoms with Gasteiger partial charge in [0.05, 0.1) is 24.2 Å². The van der Waals surface area contributed by atoms with E-state index in [0.717, 1.165) is 11.3 Å². The largest absolute Gasteiger partial charge is 0.378 e. The standard InChI is InChI=1S/C24H26N6O2/c1-16(2)30-24(32)20-8-6-5-7-19(20)22(27-30)23(31)26-21-13-14-25-29(21)15-17-9-11-18(12-10-17)28(3)4/h5-14,16H,15H2,1-4H3,(H,26,31). The highest BCUT2D eigenvalue weighted by Crippen LogP contribution is 2.18. The molecule has 0 unspecified atom stereocenters. The van der Waals surface area contributed by atoms with Crippen molar-refractivity contribution >= 4 is 28.2 Å². The van der Waals surface area contributed by atoms with E-state index in [9.17, 15) is 9.59 Å². The van der Waals surface area contributed by atoms with E-state index in [1.165, 1.54) is 4.68 Å². The minimum absolute atomic E-state index is 0.172. The number of fused-ring (bicyclic) bond motifs is 1. The van der Waals surface area contributed by atoms with Gasteiger partial charge in [0.25, 0.3) is 11.5 Å². The summed E-state index contributed by atoms with van der Waals surface area (Å²) in [5.74, 6) is 0.167. The van der Waals surface area contributed by atoms with Crippen LogP contribution in [0.3, 0.4) is 0 Å². The maximum Gasteiger partial charge on any atom is 0.277 e. The zero-order chi connectivity index (χ0) is 22.8. The fraction of sp³-hybridized carbons (Fsp3) is 0.250. The SMILES string of the molecule is CC(C)n1nc(C(=O)Nc2ccnn2Cc2ccc(N(C)C)cc2)c2ccccc2c1=O. The number of carbonyl (C=O) groups is 1. The first-order chi connectivity index (χ1) is 15.3. The Kier molecular flexibility index (Phi) is 5.77. The topological polar surface area (TPSA) is 85.1 Å². The molecule has 0 aliphatic carbocycles. The molecule has 164 valence electrons. The maximum atomic E-state index is 13.2. The summed E-state index contributed by atoms with van der Waals surface area (Å²) in [5.41, 5.74) is 2.17. The number of rotatable bonds is 6. The molecule has 1 amide bonds. The Morgan fingerprint density at radius 1 is 1.03 bits per heavy atom. The third kappa shape index (κ3) is 4.12. The summed E-state index contributed by atoms with van der Waals surface area (Å²) in [4.78, 5) is 28.0. The molecule has 8 heteroatoms. The Bertz CT molecular complexity index is 1320. The smallest absolute Gasteiger partial charge is 0.277 e. The predicted octanol–water partition coefficient (Wildman–Crippen LogP) is 3.54. The van der Waals surface area contributed by atoms with Gasteiger partial charge in [-0.2, -0.15) is 10.2 Å². The predicted molar refractivity (Wildman–Crippen MR) is 126 cm³/mol. The van der Waals surface area contributed by atoms with Crippen molar-refractivity contribution in [3.05, 3.63) is 82.4 Å². The molecule has 0 aliphatic rings. The Balaban J connectivity index is 1.63. The lowest BCUT2D eigenvalue weighted by atomic mass is 10.1. The molecule has 0 bridgehead atoms. The van der Waals surface area contributed by atoms with Crippen molar-refractivity contribution in [3.8, 4) is 0 Å².